The molecular formula is C8H16O4. The van der Waals surface area contributed by atoms with Gasteiger partial charge in [-0.15, -0.1) is 0 Å². The Morgan fingerprint density at radius 2 is 2.25 bits per heavy atom. The zero-order valence-electron chi connectivity index (χ0n) is 7.27. The van der Waals surface area contributed by atoms with Gasteiger partial charge >= 0.3 is 0 Å². The Labute approximate surface area is 72.1 Å². The molecular weight excluding hydrogens is 160 g/mol. The Hall–Kier alpha value is -0.160. The zero-order chi connectivity index (χ0) is 8.97. The van der Waals surface area contributed by atoms with Gasteiger partial charge in [0.1, 0.15) is 0 Å². The van der Waals surface area contributed by atoms with E-state index < -0.39 is 0 Å². The van der Waals surface area contributed by atoms with E-state index in [1.54, 1.807) is 7.11 Å². The van der Waals surface area contributed by atoms with Gasteiger partial charge in [-0.1, -0.05) is 0 Å². The van der Waals surface area contributed by atoms with Gasteiger partial charge in [-0.25, -0.2) is 0 Å². The normalized spacial score (nSPS) is 37.8. The maximum Gasteiger partial charge on any atom is 0.157 e. The smallest absolute Gasteiger partial charge is 0.157 e. The van der Waals surface area contributed by atoms with E-state index in [9.17, 15) is 5.11 Å². The highest BCUT2D eigenvalue weighted by molar-refractivity contribution is 4.70. The molecule has 0 amide bonds. The van der Waals surface area contributed by atoms with E-state index in [1.165, 1.54) is 0 Å². The third-order valence-corrected chi connectivity index (χ3v) is 2.08. The fourth-order valence-electron chi connectivity index (χ4n) is 1.38. The zero-order valence-corrected chi connectivity index (χ0v) is 7.27. The summed E-state index contributed by atoms with van der Waals surface area (Å²) in [6.07, 6.45) is 0.925. The lowest BCUT2D eigenvalue weighted by Crippen LogP contribution is -2.25. The molecule has 0 aliphatic carbocycles. The summed E-state index contributed by atoms with van der Waals surface area (Å²) in [7, 11) is 1.57. The summed E-state index contributed by atoms with van der Waals surface area (Å²) in [6, 6.07) is 0. The highest BCUT2D eigenvalue weighted by Gasteiger charge is 2.24. The Morgan fingerprint density at radius 1 is 1.50 bits per heavy atom. The molecule has 0 bridgehead atoms. The molecule has 1 rings (SSSR count). The first-order valence-electron chi connectivity index (χ1n) is 4.23. The van der Waals surface area contributed by atoms with Gasteiger partial charge in [0.15, 0.2) is 6.29 Å². The Morgan fingerprint density at radius 3 is 2.83 bits per heavy atom. The predicted molar refractivity (Wildman–Crippen MR) is 42.6 cm³/mol. The largest absolute Gasteiger partial charge is 0.394 e. The number of hydrogen-bond acceptors (Lipinski definition) is 4. The van der Waals surface area contributed by atoms with Crippen LogP contribution >= 0.6 is 0 Å². The first-order valence-corrected chi connectivity index (χ1v) is 4.23. The molecule has 2 N–H and O–H groups in total. The topological polar surface area (TPSA) is 58.9 Å². The third-order valence-electron chi connectivity index (χ3n) is 2.08. The fraction of sp³-hybridized carbons (Fsp3) is 1.00. The minimum absolute atomic E-state index is 0.0586. The molecule has 0 aromatic rings. The molecule has 1 heterocycles. The monoisotopic (exact) mass is 176 g/mol. The molecule has 0 aromatic carbocycles. The van der Waals surface area contributed by atoms with Gasteiger partial charge in [-0.05, 0) is 6.42 Å². The predicted octanol–water partition coefficient (Wildman–Crippen LogP) is -0.119. The van der Waals surface area contributed by atoms with E-state index in [2.05, 4.69) is 0 Å². The lowest BCUT2D eigenvalue weighted by Gasteiger charge is -2.18. The summed E-state index contributed by atoms with van der Waals surface area (Å²) in [5.74, 6) is 0. The summed E-state index contributed by atoms with van der Waals surface area (Å²) in [6.45, 7) is -0.0586. The van der Waals surface area contributed by atoms with Gasteiger partial charge in [0.2, 0.25) is 0 Å². The summed E-state index contributed by atoms with van der Waals surface area (Å²) >= 11 is 0. The highest BCUT2D eigenvalue weighted by atomic mass is 16.7. The molecule has 0 unspecified atom stereocenters. The van der Waals surface area contributed by atoms with Crippen molar-refractivity contribution in [1.29, 1.82) is 0 Å². The maximum absolute atomic E-state index is 9.36. The van der Waals surface area contributed by atoms with Crippen LogP contribution in [0.15, 0.2) is 0 Å². The quantitative estimate of drug-likeness (QED) is 0.616. The minimum atomic E-state index is -0.373. The molecule has 0 spiro atoms. The van der Waals surface area contributed by atoms with Crippen LogP contribution in [0.3, 0.4) is 0 Å². The highest BCUT2D eigenvalue weighted by Crippen LogP contribution is 2.18. The average Bonchev–Trinajstić information content (AvgIpc) is 2.26. The van der Waals surface area contributed by atoms with Crippen LogP contribution in [0.5, 0.6) is 0 Å². The molecule has 3 atom stereocenters. The lowest BCUT2D eigenvalue weighted by atomic mass is 10.1. The number of ether oxygens (including phenoxy) is 2. The third kappa shape index (κ3) is 2.71. The average molecular weight is 176 g/mol. The first-order chi connectivity index (χ1) is 5.76. The molecule has 1 aliphatic rings. The minimum Gasteiger partial charge on any atom is -0.394 e. The second-order valence-corrected chi connectivity index (χ2v) is 3.07. The van der Waals surface area contributed by atoms with Crippen LogP contribution in [0, 0.1) is 0 Å². The molecule has 0 saturated carbocycles. The molecule has 0 radical (unpaired) electrons. The summed E-state index contributed by atoms with van der Waals surface area (Å²) < 4.78 is 10.4. The van der Waals surface area contributed by atoms with Crippen LogP contribution in [0.4, 0.5) is 0 Å². The van der Waals surface area contributed by atoms with Gasteiger partial charge < -0.3 is 19.7 Å². The second kappa shape index (κ2) is 4.77. The maximum atomic E-state index is 9.36. The summed E-state index contributed by atoms with van der Waals surface area (Å²) in [5.41, 5.74) is 0. The van der Waals surface area contributed by atoms with E-state index in [0.29, 0.717) is 19.3 Å². The molecule has 1 fully saturated rings. The number of methoxy groups -OCH3 is 1. The van der Waals surface area contributed by atoms with Crippen molar-refractivity contribution in [3.63, 3.8) is 0 Å². The van der Waals surface area contributed by atoms with E-state index in [-0.39, 0.29) is 25.1 Å². The van der Waals surface area contributed by atoms with Crippen LogP contribution in [-0.4, -0.2) is 42.4 Å². The van der Waals surface area contributed by atoms with Crippen molar-refractivity contribution >= 4 is 0 Å². The molecule has 1 aliphatic heterocycles. The van der Waals surface area contributed by atoms with E-state index >= 15 is 0 Å². The van der Waals surface area contributed by atoms with Crippen LogP contribution < -0.4 is 0 Å². The lowest BCUT2D eigenvalue weighted by molar-refractivity contribution is -0.161. The molecule has 4 heteroatoms. The van der Waals surface area contributed by atoms with Gasteiger partial charge in [0.25, 0.3) is 0 Å². The van der Waals surface area contributed by atoms with Gasteiger partial charge in [-0.2, -0.15) is 0 Å². The number of aliphatic hydroxyl groups is 2. The van der Waals surface area contributed by atoms with E-state index in [1.807, 2.05) is 0 Å². The summed E-state index contributed by atoms with van der Waals surface area (Å²) in [4.78, 5) is 0. The van der Waals surface area contributed by atoms with Crippen molar-refractivity contribution in [2.24, 2.45) is 0 Å². The van der Waals surface area contributed by atoms with Gasteiger partial charge in [0, 0.05) is 20.0 Å². The molecule has 4 nitrogen and oxygen atoms in total. The van der Waals surface area contributed by atoms with Gasteiger partial charge in [-0.3, -0.25) is 0 Å². The number of hydrogen-bond donors (Lipinski definition) is 2. The van der Waals surface area contributed by atoms with Crippen molar-refractivity contribution in [3.05, 3.63) is 0 Å². The van der Waals surface area contributed by atoms with Crippen molar-refractivity contribution in [3.8, 4) is 0 Å². The summed E-state index contributed by atoms with van der Waals surface area (Å²) in [5, 5.41) is 18.2. The SMILES string of the molecule is CO[C@H]1CC[C@@H](O)C[C@@H](CO)O1. The Kier molecular flexibility index (Phi) is 3.94. The van der Waals surface area contributed by atoms with Crippen molar-refractivity contribution in [1.82, 2.24) is 0 Å². The van der Waals surface area contributed by atoms with Crippen LogP contribution in [-0.2, 0) is 9.47 Å². The number of aliphatic hydroxyl groups excluding tert-OH is 2. The van der Waals surface area contributed by atoms with Crippen LogP contribution in [0.1, 0.15) is 19.3 Å². The van der Waals surface area contributed by atoms with E-state index in [4.69, 9.17) is 14.6 Å². The molecule has 0 aromatic heterocycles. The second-order valence-electron chi connectivity index (χ2n) is 3.07. The van der Waals surface area contributed by atoms with Gasteiger partial charge in [0.05, 0.1) is 18.8 Å². The van der Waals surface area contributed by atoms with Crippen molar-refractivity contribution in [2.75, 3.05) is 13.7 Å². The first kappa shape index (κ1) is 9.92. The van der Waals surface area contributed by atoms with Crippen molar-refractivity contribution < 1.29 is 19.7 Å². The fourth-order valence-corrected chi connectivity index (χ4v) is 1.38. The Bertz CT molecular complexity index is 128. The molecule has 72 valence electrons. The Balaban J connectivity index is 2.43. The van der Waals surface area contributed by atoms with Crippen molar-refractivity contribution in [2.45, 2.75) is 37.8 Å². The number of rotatable bonds is 2. The van der Waals surface area contributed by atoms with Crippen LogP contribution in [0.2, 0.25) is 0 Å². The van der Waals surface area contributed by atoms with Crippen LogP contribution in [0.25, 0.3) is 0 Å². The molecule has 1 saturated heterocycles. The standard InChI is InChI=1S/C8H16O4/c1-11-8-3-2-6(10)4-7(5-9)12-8/h6-10H,2-5H2,1H3/t6-,7+,8-/m1/s1. The van der Waals surface area contributed by atoms with E-state index in [0.717, 1.165) is 0 Å². The molecule has 12 heavy (non-hydrogen) atoms.